The number of aromatic nitrogens is 2. The van der Waals surface area contributed by atoms with E-state index in [1.807, 2.05) is 31.2 Å². The van der Waals surface area contributed by atoms with Crippen LogP contribution in [0.25, 0.3) is 11.4 Å². The maximum absolute atomic E-state index is 13.0. The van der Waals surface area contributed by atoms with Crippen LogP contribution >= 0.6 is 11.6 Å². The molecule has 1 saturated heterocycles. The van der Waals surface area contributed by atoms with Crippen LogP contribution < -0.4 is 0 Å². The number of nitro benzene ring substituents is 1. The van der Waals surface area contributed by atoms with Crippen LogP contribution in [0.2, 0.25) is 5.02 Å². The Morgan fingerprint density at radius 3 is 2.72 bits per heavy atom. The van der Waals surface area contributed by atoms with Gasteiger partial charge >= 0.3 is 0 Å². The third-order valence-electron chi connectivity index (χ3n) is 4.94. The van der Waals surface area contributed by atoms with Gasteiger partial charge in [-0.3, -0.25) is 14.9 Å². The van der Waals surface area contributed by atoms with Crippen molar-refractivity contribution in [3.05, 3.63) is 74.6 Å². The molecule has 1 aromatic heterocycles. The van der Waals surface area contributed by atoms with E-state index < -0.39 is 4.92 Å². The second kappa shape index (κ2) is 7.63. The molecule has 8 nitrogen and oxygen atoms in total. The van der Waals surface area contributed by atoms with Gasteiger partial charge < -0.3 is 9.42 Å². The summed E-state index contributed by atoms with van der Waals surface area (Å²) in [6.07, 6.45) is 1.47. The van der Waals surface area contributed by atoms with Crippen LogP contribution in [0.5, 0.6) is 0 Å². The van der Waals surface area contributed by atoms with Crippen molar-refractivity contribution in [2.24, 2.45) is 0 Å². The highest BCUT2D eigenvalue weighted by Crippen LogP contribution is 2.35. The molecule has 1 fully saturated rings. The van der Waals surface area contributed by atoms with Crippen molar-refractivity contribution in [2.75, 3.05) is 6.54 Å². The third-order valence-corrected chi connectivity index (χ3v) is 5.26. The summed E-state index contributed by atoms with van der Waals surface area (Å²) in [7, 11) is 0. The first-order chi connectivity index (χ1) is 13.9. The first-order valence-electron chi connectivity index (χ1n) is 9.09. The quantitative estimate of drug-likeness (QED) is 0.459. The topological polar surface area (TPSA) is 102 Å². The van der Waals surface area contributed by atoms with Gasteiger partial charge in [0.05, 0.1) is 15.5 Å². The standard InChI is InChI=1S/C20H17ClN4O4/c1-12-4-6-13(7-5-12)18-22-19(29-23-18)17-3-2-10-24(17)20(26)15-9-8-14(25(27)28)11-16(15)21/h4-9,11,17H,2-3,10H2,1H3. The molecule has 0 bridgehead atoms. The van der Waals surface area contributed by atoms with Gasteiger partial charge in [-0.25, -0.2) is 0 Å². The van der Waals surface area contributed by atoms with Gasteiger partial charge in [-0.2, -0.15) is 4.98 Å². The van der Waals surface area contributed by atoms with Crippen molar-refractivity contribution < 1.29 is 14.2 Å². The van der Waals surface area contributed by atoms with Gasteiger partial charge in [-0.1, -0.05) is 46.6 Å². The number of hydrogen-bond donors (Lipinski definition) is 0. The number of nitro groups is 1. The summed E-state index contributed by atoms with van der Waals surface area (Å²) < 4.78 is 5.45. The first-order valence-corrected chi connectivity index (χ1v) is 9.47. The van der Waals surface area contributed by atoms with Crippen LogP contribution in [0.15, 0.2) is 47.0 Å². The molecule has 0 N–H and O–H groups in total. The minimum atomic E-state index is -0.552. The van der Waals surface area contributed by atoms with Gasteiger partial charge in [-0.05, 0) is 25.8 Å². The van der Waals surface area contributed by atoms with Crippen molar-refractivity contribution in [3.63, 3.8) is 0 Å². The average molecular weight is 413 g/mol. The van der Waals surface area contributed by atoms with Gasteiger partial charge in [0.25, 0.3) is 11.6 Å². The Kier molecular flexibility index (Phi) is 5.02. The molecule has 1 amide bonds. The van der Waals surface area contributed by atoms with E-state index in [0.29, 0.717) is 24.7 Å². The molecule has 0 saturated carbocycles. The number of benzene rings is 2. The van der Waals surface area contributed by atoms with Crippen LogP contribution in [-0.4, -0.2) is 32.4 Å². The normalized spacial score (nSPS) is 16.2. The summed E-state index contributed by atoms with van der Waals surface area (Å²) in [5.41, 5.74) is 2.01. The largest absolute Gasteiger partial charge is 0.337 e. The van der Waals surface area contributed by atoms with Gasteiger partial charge in [0.15, 0.2) is 0 Å². The molecule has 2 heterocycles. The zero-order valence-electron chi connectivity index (χ0n) is 15.5. The average Bonchev–Trinajstić information content (AvgIpc) is 3.37. The van der Waals surface area contributed by atoms with Crippen LogP contribution in [0.1, 0.15) is 40.7 Å². The molecule has 0 radical (unpaired) electrons. The Balaban J connectivity index is 1.59. The Labute approximate surface area is 171 Å². The number of nitrogens with zero attached hydrogens (tertiary/aromatic N) is 4. The maximum Gasteiger partial charge on any atom is 0.270 e. The molecule has 1 aliphatic rings. The lowest BCUT2D eigenvalue weighted by Gasteiger charge is -2.22. The molecule has 1 unspecified atom stereocenters. The zero-order valence-corrected chi connectivity index (χ0v) is 16.3. The fraction of sp³-hybridized carbons (Fsp3) is 0.250. The molecule has 0 spiro atoms. The molecule has 0 aliphatic carbocycles. The molecular weight excluding hydrogens is 396 g/mol. The van der Waals surface area contributed by atoms with Crippen molar-refractivity contribution in [1.82, 2.24) is 15.0 Å². The minimum Gasteiger partial charge on any atom is -0.337 e. The van der Waals surface area contributed by atoms with E-state index in [1.54, 1.807) is 4.90 Å². The summed E-state index contributed by atoms with van der Waals surface area (Å²) in [5, 5.41) is 15.0. The predicted octanol–water partition coefficient (Wildman–Crippen LogP) is 4.58. The highest BCUT2D eigenvalue weighted by molar-refractivity contribution is 6.34. The van der Waals surface area contributed by atoms with Crippen LogP contribution in [-0.2, 0) is 0 Å². The van der Waals surface area contributed by atoms with E-state index in [-0.39, 0.29) is 28.2 Å². The van der Waals surface area contributed by atoms with Crippen LogP contribution in [0.4, 0.5) is 5.69 Å². The van der Waals surface area contributed by atoms with E-state index in [4.69, 9.17) is 16.1 Å². The van der Waals surface area contributed by atoms with Crippen LogP contribution in [0.3, 0.4) is 0 Å². The summed E-state index contributed by atoms with van der Waals surface area (Å²) in [6, 6.07) is 11.2. The second-order valence-corrected chi connectivity index (χ2v) is 7.31. The number of amides is 1. The maximum atomic E-state index is 13.0. The number of likely N-dealkylation sites (tertiary alicyclic amines) is 1. The monoisotopic (exact) mass is 412 g/mol. The fourth-order valence-corrected chi connectivity index (χ4v) is 3.66. The minimum absolute atomic E-state index is 0.0423. The number of halogens is 1. The summed E-state index contributed by atoms with van der Waals surface area (Å²) in [6.45, 7) is 2.51. The van der Waals surface area contributed by atoms with Gasteiger partial charge in [-0.15, -0.1) is 0 Å². The number of aryl methyl sites for hydroxylation is 1. The molecular formula is C20H17ClN4O4. The van der Waals surface area contributed by atoms with E-state index in [1.165, 1.54) is 18.2 Å². The fourth-order valence-electron chi connectivity index (χ4n) is 3.40. The molecule has 4 rings (SSSR count). The van der Waals surface area contributed by atoms with Gasteiger partial charge in [0, 0.05) is 24.2 Å². The van der Waals surface area contributed by atoms with E-state index in [9.17, 15) is 14.9 Å². The second-order valence-electron chi connectivity index (χ2n) is 6.90. The van der Waals surface area contributed by atoms with E-state index >= 15 is 0 Å². The molecule has 1 aliphatic heterocycles. The SMILES string of the molecule is Cc1ccc(-c2noc(C3CCCN3C(=O)c3ccc([N+](=O)[O-])cc3Cl)n2)cc1. The lowest BCUT2D eigenvalue weighted by atomic mass is 10.1. The Hall–Kier alpha value is -3.26. The highest BCUT2D eigenvalue weighted by Gasteiger charge is 2.35. The van der Waals surface area contributed by atoms with Gasteiger partial charge in [0.2, 0.25) is 11.7 Å². The molecule has 9 heteroatoms. The predicted molar refractivity (Wildman–Crippen MR) is 106 cm³/mol. The van der Waals surface area contributed by atoms with Crippen molar-refractivity contribution in [1.29, 1.82) is 0 Å². The number of non-ortho nitro benzene ring substituents is 1. The van der Waals surface area contributed by atoms with Crippen molar-refractivity contribution in [2.45, 2.75) is 25.8 Å². The lowest BCUT2D eigenvalue weighted by molar-refractivity contribution is -0.384. The summed E-state index contributed by atoms with van der Waals surface area (Å²) in [5.74, 6) is 0.514. The molecule has 3 aromatic rings. The van der Waals surface area contributed by atoms with Crippen molar-refractivity contribution >= 4 is 23.2 Å². The van der Waals surface area contributed by atoms with Gasteiger partial charge in [0.1, 0.15) is 6.04 Å². The van der Waals surface area contributed by atoms with E-state index in [0.717, 1.165) is 17.5 Å². The first kappa shape index (κ1) is 19.1. The molecule has 148 valence electrons. The number of rotatable bonds is 4. The van der Waals surface area contributed by atoms with E-state index in [2.05, 4.69) is 10.1 Å². The highest BCUT2D eigenvalue weighted by atomic mass is 35.5. The number of carbonyl (C=O) groups excluding carboxylic acids is 1. The Morgan fingerprint density at radius 2 is 2.03 bits per heavy atom. The molecule has 1 atom stereocenters. The molecule has 2 aromatic carbocycles. The smallest absolute Gasteiger partial charge is 0.270 e. The Bertz CT molecular complexity index is 1080. The third kappa shape index (κ3) is 3.71. The number of carbonyl (C=O) groups is 1. The van der Waals surface area contributed by atoms with Crippen molar-refractivity contribution in [3.8, 4) is 11.4 Å². The molecule has 29 heavy (non-hydrogen) atoms. The summed E-state index contributed by atoms with van der Waals surface area (Å²) in [4.78, 5) is 29.5. The van der Waals surface area contributed by atoms with Crippen LogP contribution in [0, 0.1) is 17.0 Å². The Morgan fingerprint density at radius 1 is 1.28 bits per heavy atom. The lowest BCUT2D eigenvalue weighted by Crippen LogP contribution is -2.31. The zero-order chi connectivity index (χ0) is 20.5. The summed E-state index contributed by atoms with van der Waals surface area (Å²) >= 11 is 6.13. The number of hydrogen-bond acceptors (Lipinski definition) is 6.